The molecule has 0 bridgehead atoms. The Bertz CT molecular complexity index is 1370. The van der Waals surface area contributed by atoms with Crippen molar-refractivity contribution in [3.63, 3.8) is 0 Å². The number of carboxylic acids is 1. The number of rotatable bonds is 6. The fraction of sp³-hybridized carbons (Fsp3) is 0.375. The third-order valence-corrected chi connectivity index (χ3v) is 7.32. The number of carbonyl (C=O) groups is 1. The summed E-state index contributed by atoms with van der Waals surface area (Å²) in [7, 11) is 0. The van der Waals surface area contributed by atoms with Gasteiger partial charge in [-0.1, -0.05) is 23.2 Å². The van der Waals surface area contributed by atoms with Gasteiger partial charge in [-0.25, -0.2) is 14.2 Å². The predicted octanol–water partition coefficient (Wildman–Crippen LogP) is 5.10. The van der Waals surface area contributed by atoms with E-state index in [9.17, 15) is 14.7 Å². The van der Waals surface area contributed by atoms with E-state index >= 15 is 4.39 Å². The van der Waals surface area contributed by atoms with Crippen molar-refractivity contribution in [1.29, 1.82) is 0 Å². The molecule has 1 aromatic carbocycles. The van der Waals surface area contributed by atoms with Gasteiger partial charge in [0.15, 0.2) is 5.82 Å². The quantitative estimate of drug-likeness (QED) is 0.501. The molecule has 34 heavy (non-hydrogen) atoms. The summed E-state index contributed by atoms with van der Waals surface area (Å²) in [5.74, 6) is -1.68. The van der Waals surface area contributed by atoms with Crippen LogP contribution in [0.4, 0.5) is 10.1 Å². The topological polar surface area (TPSA) is 84.7 Å². The third-order valence-electron chi connectivity index (χ3n) is 6.74. The lowest BCUT2D eigenvalue weighted by Gasteiger charge is -2.29. The molecule has 2 fully saturated rings. The van der Waals surface area contributed by atoms with E-state index < -0.39 is 28.3 Å². The van der Waals surface area contributed by atoms with Crippen molar-refractivity contribution in [1.82, 2.24) is 9.55 Å². The Morgan fingerprint density at radius 2 is 2.12 bits per heavy atom. The van der Waals surface area contributed by atoms with Crippen LogP contribution in [-0.2, 0) is 5.54 Å². The van der Waals surface area contributed by atoms with Crippen molar-refractivity contribution in [2.24, 2.45) is 0 Å². The molecule has 1 saturated carbocycles. The molecule has 1 N–H and O–H groups in total. The van der Waals surface area contributed by atoms with E-state index in [2.05, 4.69) is 4.98 Å². The summed E-state index contributed by atoms with van der Waals surface area (Å²) >= 11 is 12.7. The average molecular weight is 506 g/mol. The molecule has 1 saturated heterocycles. The molecule has 1 unspecified atom stereocenters. The molecular formula is C24H22Cl2FN3O4. The first-order valence-electron chi connectivity index (χ1n) is 11.0. The van der Waals surface area contributed by atoms with Crippen LogP contribution >= 0.6 is 23.2 Å². The average Bonchev–Trinajstić information content (AvgIpc) is 3.37. The smallest absolute Gasteiger partial charge is 0.341 e. The lowest BCUT2D eigenvalue weighted by molar-refractivity contribution is 0.0694. The number of aromatic carboxylic acids is 1. The number of fused-ring (bicyclic) bond motifs is 1. The first-order chi connectivity index (χ1) is 16.2. The Kier molecular flexibility index (Phi) is 5.68. The van der Waals surface area contributed by atoms with E-state index in [-0.39, 0.29) is 34.3 Å². The Labute approximate surface area is 204 Å². The second kappa shape index (κ2) is 8.43. The minimum atomic E-state index is -1.35. The minimum absolute atomic E-state index is 0.0356. The van der Waals surface area contributed by atoms with Crippen molar-refractivity contribution in [2.45, 2.75) is 44.2 Å². The number of carboxylic acid groups (broad SMARTS) is 1. The molecule has 2 aliphatic rings. The van der Waals surface area contributed by atoms with Gasteiger partial charge in [-0.2, -0.15) is 0 Å². The molecule has 0 amide bonds. The Morgan fingerprint density at radius 1 is 1.35 bits per heavy atom. The van der Waals surface area contributed by atoms with E-state index in [0.29, 0.717) is 17.4 Å². The summed E-state index contributed by atoms with van der Waals surface area (Å²) in [6.45, 7) is 2.70. The minimum Gasteiger partial charge on any atom is -0.477 e. The Balaban J connectivity index is 1.60. The molecule has 0 radical (unpaired) electrons. The van der Waals surface area contributed by atoms with Crippen molar-refractivity contribution >= 4 is 45.8 Å². The maximum atomic E-state index is 16.2. The van der Waals surface area contributed by atoms with E-state index in [1.165, 1.54) is 12.3 Å². The molecule has 1 aliphatic heterocycles. The summed E-state index contributed by atoms with van der Waals surface area (Å²) in [6, 6.07) is 4.59. The highest BCUT2D eigenvalue weighted by molar-refractivity contribution is 6.34. The fourth-order valence-electron chi connectivity index (χ4n) is 4.62. The highest BCUT2D eigenvalue weighted by Gasteiger charge is 2.42. The number of anilines is 1. The van der Waals surface area contributed by atoms with Crippen LogP contribution in [0, 0.1) is 5.82 Å². The number of aromatic nitrogens is 2. The zero-order chi connectivity index (χ0) is 24.2. The van der Waals surface area contributed by atoms with Gasteiger partial charge in [0.25, 0.3) is 0 Å². The number of benzene rings is 1. The van der Waals surface area contributed by atoms with Gasteiger partial charge in [-0.15, -0.1) is 0 Å². The molecular weight excluding hydrogens is 484 g/mol. The van der Waals surface area contributed by atoms with Gasteiger partial charge >= 0.3 is 5.97 Å². The van der Waals surface area contributed by atoms with Crippen molar-refractivity contribution in [3.05, 3.63) is 62.2 Å². The Morgan fingerprint density at radius 3 is 2.79 bits per heavy atom. The summed E-state index contributed by atoms with van der Waals surface area (Å²) in [5, 5.41) is 9.94. The number of halogens is 3. The summed E-state index contributed by atoms with van der Waals surface area (Å²) in [5.41, 5.74) is -1.34. The maximum absolute atomic E-state index is 16.2. The first kappa shape index (κ1) is 22.9. The van der Waals surface area contributed by atoms with Crippen LogP contribution in [0.5, 0.6) is 5.88 Å². The van der Waals surface area contributed by atoms with Gasteiger partial charge in [0.05, 0.1) is 27.7 Å². The number of hydrogen-bond donors (Lipinski definition) is 1. The molecule has 3 aromatic rings. The molecule has 0 spiro atoms. The zero-order valence-electron chi connectivity index (χ0n) is 18.4. The number of nitrogens with zero attached hydrogens (tertiary/aromatic N) is 3. The second-order valence-corrected chi connectivity index (χ2v) is 9.87. The lowest BCUT2D eigenvalue weighted by Crippen LogP contribution is -2.35. The highest BCUT2D eigenvalue weighted by Crippen LogP contribution is 2.46. The van der Waals surface area contributed by atoms with Gasteiger partial charge < -0.3 is 19.3 Å². The molecule has 178 valence electrons. The van der Waals surface area contributed by atoms with Crippen LogP contribution in [-0.4, -0.2) is 39.8 Å². The van der Waals surface area contributed by atoms with Gasteiger partial charge in [0.2, 0.25) is 11.3 Å². The molecule has 2 aromatic heterocycles. The van der Waals surface area contributed by atoms with E-state index in [0.717, 1.165) is 25.7 Å². The van der Waals surface area contributed by atoms with E-state index in [1.54, 1.807) is 22.9 Å². The van der Waals surface area contributed by atoms with Crippen LogP contribution in [0.3, 0.4) is 0 Å². The number of pyridine rings is 2. The van der Waals surface area contributed by atoms with Crippen LogP contribution in [0.2, 0.25) is 10.0 Å². The van der Waals surface area contributed by atoms with Gasteiger partial charge in [0, 0.05) is 24.5 Å². The maximum Gasteiger partial charge on any atom is 0.341 e. The van der Waals surface area contributed by atoms with E-state index in [4.69, 9.17) is 27.9 Å². The van der Waals surface area contributed by atoms with Crippen LogP contribution in [0.15, 0.2) is 35.4 Å². The second-order valence-electron chi connectivity index (χ2n) is 9.05. The van der Waals surface area contributed by atoms with Crippen LogP contribution in [0.1, 0.15) is 43.0 Å². The monoisotopic (exact) mass is 505 g/mol. The van der Waals surface area contributed by atoms with Gasteiger partial charge in [0.1, 0.15) is 17.2 Å². The normalized spacial score (nSPS) is 18.9. The SMILES string of the molecule is CC1(n2cc(C(=O)O)c(=O)c3cc(Cl)c(N4CCCC4COc4ncccc4Cl)c(F)c32)CC1. The van der Waals surface area contributed by atoms with Crippen molar-refractivity contribution in [3.8, 4) is 5.88 Å². The molecule has 5 rings (SSSR count). The van der Waals surface area contributed by atoms with Crippen molar-refractivity contribution < 1.29 is 19.0 Å². The molecule has 10 heteroatoms. The molecule has 3 heterocycles. The van der Waals surface area contributed by atoms with E-state index in [1.807, 2.05) is 11.8 Å². The summed E-state index contributed by atoms with van der Waals surface area (Å²) in [6.07, 6.45) is 5.91. The third kappa shape index (κ3) is 3.79. The summed E-state index contributed by atoms with van der Waals surface area (Å²) < 4.78 is 23.6. The summed E-state index contributed by atoms with van der Waals surface area (Å²) in [4.78, 5) is 30.6. The van der Waals surface area contributed by atoms with Crippen LogP contribution in [0.25, 0.3) is 10.9 Å². The number of ether oxygens (including phenoxy) is 1. The highest BCUT2D eigenvalue weighted by atomic mass is 35.5. The fourth-order valence-corrected chi connectivity index (χ4v) is 5.10. The zero-order valence-corrected chi connectivity index (χ0v) is 19.9. The molecule has 1 atom stereocenters. The largest absolute Gasteiger partial charge is 0.477 e. The van der Waals surface area contributed by atoms with Gasteiger partial charge in [-0.05, 0) is 50.8 Å². The predicted molar refractivity (Wildman–Crippen MR) is 128 cm³/mol. The standard InChI is InChI=1S/C24H22Cl2FN3O4/c1-24(6-7-24)30-11-15(23(32)33)21(31)14-10-17(26)20(18(27)19(14)30)29-9-3-4-13(29)12-34-22-16(25)5-2-8-28-22/h2,5,8,10-11,13H,3-4,6-7,9,12H2,1H3,(H,32,33). The molecule has 7 nitrogen and oxygen atoms in total. The van der Waals surface area contributed by atoms with Crippen LogP contribution < -0.4 is 15.1 Å². The Hall–Kier alpha value is -2.84. The lowest BCUT2D eigenvalue weighted by atomic mass is 10.1. The molecule has 1 aliphatic carbocycles. The first-order valence-corrected chi connectivity index (χ1v) is 11.8. The number of hydrogen-bond acceptors (Lipinski definition) is 5. The van der Waals surface area contributed by atoms with Gasteiger partial charge in [-0.3, -0.25) is 4.79 Å². The van der Waals surface area contributed by atoms with Crippen molar-refractivity contribution in [2.75, 3.05) is 18.1 Å².